The number of guanidine groups is 1. The zero-order valence-corrected chi connectivity index (χ0v) is 15.9. The van der Waals surface area contributed by atoms with Gasteiger partial charge in [-0.15, -0.1) is 0 Å². The maximum atomic E-state index is 13.4. The second-order valence-corrected chi connectivity index (χ2v) is 6.29. The third kappa shape index (κ3) is 6.69. The summed E-state index contributed by atoms with van der Waals surface area (Å²) in [4.78, 5) is 20.3. The van der Waals surface area contributed by atoms with Gasteiger partial charge < -0.3 is 25.4 Å². The number of amides is 1. The molecule has 0 spiro atoms. The van der Waals surface area contributed by atoms with Crippen molar-refractivity contribution in [2.24, 2.45) is 4.99 Å². The van der Waals surface area contributed by atoms with Gasteiger partial charge in [0, 0.05) is 53.4 Å². The molecule has 0 atom stereocenters. The number of halogens is 1. The number of hydrogen-bond donors (Lipinski definition) is 3. The van der Waals surface area contributed by atoms with E-state index in [1.165, 1.54) is 12.1 Å². The average Bonchev–Trinajstić information content (AvgIpc) is 2.66. The average molecular weight is 381 g/mol. The fourth-order valence-electron chi connectivity index (χ4n) is 2.84. The summed E-state index contributed by atoms with van der Waals surface area (Å²) in [5, 5.41) is 15.3. The second kappa shape index (κ2) is 10.7. The van der Waals surface area contributed by atoms with Crippen molar-refractivity contribution in [3.8, 4) is 5.75 Å². The number of carbonyl (C=O) groups is 1. The first-order valence-electron chi connectivity index (χ1n) is 8.94. The van der Waals surface area contributed by atoms with Crippen molar-refractivity contribution in [1.29, 1.82) is 0 Å². The lowest BCUT2D eigenvalue weighted by Gasteiger charge is -2.36. The highest BCUT2D eigenvalue weighted by Gasteiger charge is 2.21. The number of nitrogens with one attached hydrogen (secondary N) is 2. The van der Waals surface area contributed by atoms with Gasteiger partial charge in [-0.1, -0.05) is 6.07 Å². The number of aromatic hydroxyl groups is 1. The van der Waals surface area contributed by atoms with Crippen molar-refractivity contribution in [1.82, 2.24) is 20.4 Å². The molecule has 0 aromatic heterocycles. The van der Waals surface area contributed by atoms with Crippen molar-refractivity contribution in [2.75, 3.05) is 60.0 Å². The smallest absolute Gasteiger partial charge is 0.234 e. The van der Waals surface area contributed by atoms with Crippen LogP contribution in [0.2, 0.25) is 0 Å². The van der Waals surface area contributed by atoms with Crippen LogP contribution in [0.25, 0.3) is 0 Å². The molecule has 1 aromatic rings. The summed E-state index contributed by atoms with van der Waals surface area (Å²) < 4.78 is 18.3. The SMILES string of the molecule is CN=C(NCc1ccc(O)c(F)c1)N1CCN(CC(=O)NCCOC)CC1. The minimum atomic E-state index is -0.637. The lowest BCUT2D eigenvalue weighted by atomic mass is 10.2. The first-order valence-corrected chi connectivity index (χ1v) is 8.94. The molecule has 8 nitrogen and oxygen atoms in total. The highest BCUT2D eigenvalue weighted by molar-refractivity contribution is 5.80. The summed E-state index contributed by atoms with van der Waals surface area (Å²) in [6.45, 7) is 4.81. The molecule has 0 unspecified atom stereocenters. The lowest BCUT2D eigenvalue weighted by molar-refractivity contribution is -0.122. The monoisotopic (exact) mass is 381 g/mol. The van der Waals surface area contributed by atoms with Gasteiger partial charge in [0.2, 0.25) is 5.91 Å². The Morgan fingerprint density at radius 3 is 2.67 bits per heavy atom. The Hall–Kier alpha value is -2.39. The number of phenols is 1. The number of phenolic OH excluding ortho intramolecular Hbond substituents is 1. The van der Waals surface area contributed by atoms with Crippen LogP contribution in [0.3, 0.4) is 0 Å². The van der Waals surface area contributed by atoms with Crippen molar-refractivity contribution < 1.29 is 19.0 Å². The molecule has 0 bridgehead atoms. The molecule has 3 N–H and O–H groups in total. The predicted molar refractivity (Wildman–Crippen MR) is 101 cm³/mol. The van der Waals surface area contributed by atoms with E-state index in [1.54, 1.807) is 20.2 Å². The van der Waals surface area contributed by atoms with E-state index in [-0.39, 0.29) is 11.7 Å². The van der Waals surface area contributed by atoms with Crippen molar-refractivity contribution in [2.45, 2.75) is 6.54 Å². The number of rotatable bonds is 7. The predicted octanol–water partition coefficient (Wildman–Crippen LogP) is -0.0131. The fourth-order valence-corrected chi connectivity index (χ4v) is 2.84. The highest BCUT2D eigenvalue weighted by atomic mass is 19.1. The number of nitrogens with zero attached hydrogens (tertiary/aromatic N) is 3. The zero-order valence-electron chi connectivity index (χ0n) is 15.9. The van der Waals surface area contributed by atoms with E-state index in [1.807, 2.05) is 0 Å². The number of benzene rings is 1. The Morgan fingerprint density at radius 1 is 1.30 bits per heavy atom. The fraction of sp³-hybridized carbons (Fsp3) is 0.556. The standard InChI is InChI=1S/C18H28FN5O3/c1-20-18(22-12-14-3-4-16(25)15(19)11-14)24-8-6-23(7-9-24)13-17(26)21-5-10-27-2/h3-4,11,25H,5-10,12-13H2,1-2H3,(H,20,22)(H,21,26). The van der Waals surface area contributed by atoms with Crippen LogP contribution in [0.1, 0.15) is 5.56 Å². The van der Waals surface area contributed by atoms with E-state index >= 15 is 0 Å². The molecule has 0 saturated carbocycles. The number of ether oxygens (including phenoxy) is 1. The van der Waals surface area contributed by atoms with E-state index in [0.29, 0.717) is 26.2 Å². The molecule has 1 aromatic carbocycles. The molecule has 27 heavy (non-hydrogen) atoms. The van der Waals surface area contributed by atoms with Gasteiger partial charge in [-0.3, -0.25) is 14.7 Å². The molecule has 150 valence electrons. The van der Waals surface area contributed by atoms with Gasteiger partial charge in [0.1, 0.15) is 0 Å². The molecule has 0 radical (unpaired) electrons. The van der Waals surface area contributed by atoms with E-state index in [4.69, 9.17) is 4.74 Å². The molecule has 2 rings (SSSR count). The maximum absolute atomic E-state index is 13.4. The molecule has 1 aliphatic rings. The number of piperazine rings is 1. The largest absolute Gasteiger partial charge is 0.505 e. The Bertz CT molecular complexity index is 648. The molecular formula is C18H28FN5O3. The van der Waals surface area contributed by atoms with Crippen LogP contribution in [-0.2, 0) is 16.1 Å². The number of hydrogen-bond acceptors (Lipinski definition) is 5. The van der Waals surface area contributed by atoms with Crippen molar-refractivity contribution in [3.63, 3.8) is 0 Å². The lowest BCUT2D eigenvalue weighted by Crippen LogP contribution is -2.54. The summed E-state index contributed by atoms with van der Waals surface area (Å²) in [6, 6.07) is 4.31. The number of aliphatic imine (C=N–C) groups is 1. The second-order valence-electron chi connectivity index (χ2n) is 6.29. The molecule has 0 aliphatic carbocycles. The van der Waals surface area contributed by atoms with Crippen LogP contribution < -0.4 is 10.6 Å². The minimum absolute atomic E-state index is 0.00244. The highest BCUT2D eigenvalue weighted by Crippen LogP contribution is 2.16. The van der Waals surface area contributed by atoms with Gasteiger partial charge in [-0.05, 0) is 17.7 Å². The third-order valence-electron chi connectivity index (χ3n) is 4.34. The molecule has 1 fully saturated rings. The summed E-state index contributed by atoms with van der Waals surface area (Å²) in [5.41, 5.74) is 0.720. The Kier molecular flexibility index (Phi) is 8.28. The molecular weight excluding hydrogens is 353 g/mol. The van der Waals surface area contributed by atoms with Crippen molar-refractivity contribution in [3.05, 3.63) is 29.6 Å². The quantitative estimate of drug-likeness (QED) is 0.350. The molecule has 1 saturated heterocycles. The van der Waals surface area contributed by atoms with E-state index < -0.39 is 5.82 Å². The van der Waals surface area contributed by atoms with Gasteiger partial charge >= 0.3 is 0 Å². The number of methoxy groups -OCH3 is 1. The Labute approximate surface area is 159 Å². The van der Waals surface area contributed by atoms with Crippen LogP contribution >= 0.6 is 0 Å². The normalized spacial score (nSPS) is 15.7. The number of carbonyl (C=O) groups excluding carboxylic acids is 1. The minimum Gasteiger partial charge on any atom is -0.505 e. The summed E-state index contributed by atoms with van der Waals surface area (Å²) >= 11 is 0. The topological polar surface area (TPSA) is 89.4 Å². The maximum Gasteiger partial charge on any atom is 0.234 e. The van der Waals surface area contributed by atoms with Gasteiger partial charge in [-0.2, -0.15) is 0 Å². The molecule has 9 heteroatoms. The first kappa shape index (κ1) is 20.9. The summed E-state index contributed by atoms with van der Waals surface area (Å²) in [7, 11) is 3.31. The van der Waals surface area contributed by atoms with Crippen LogP contribution in [0.5, 0.6) is 5.75 Å². The molecule has 1 aliphatic heterocycles. The Morgan fingerprint density at radius 2 is 2.04 bits per heavy atom. The van der Waals surface area contributed by atoms with E-state index in [9.17, 15) is 14.3 Å². The van der Waals surface area contributed by atoms with E-state index in [0.717, 1.165) is 37.7 Å². The first-order chi connectivity index (χ1) is 13.0. The van der Waals surface area contributed by atoms with E-state index in [2.05, 4.69) is 25.4 Å². The van der Waals surface area contributed by atoms with Crippen LogP contribution in [0.15, 0.2) is 23.2 Å². The van der Waals surface area contributed by atoms with Gasteiger partial charge in [0.05, 0.1) is 13.2 Å². The Balaban J connectivity index is 1.76. The van der Waals surface area contributed by atoms with Crippen LogP contribution in [-0.4, -0.2) is 86.8 Å². The third-order valence-corrected chi connectivity index (χ3v) is 4.34. The summed E-state index contributed by atoms with van der Waals surface area (Å²) in [5.74, 6) is -0.266. The van der Waals surface area contributed by atoms with Gasteiger partial charge in [0.15, 0.2) is 17.5 Å². The van der Waals surface area contributed by atoms with Crippen LogP contribution in [0, 0.1) is 5.82 Å². The molecule has 1 amide bonds. The summed E-state index contributed by atoms with van der Waals surface area (Å²) in [6.07, 6.45) is 0. The molecule has 1 heterocycles. The van der Waals surface area contributed by atoms with Crippen molar-refractivity contribution >= 4 is 11.9 Å². The van der Waals surface area contributed by atoms with Crippen LogP contribution in [0.4, 0.5) is 4.39 Å². The van der Waals surface area contributed by atoms with Gasteiger partial charge in [0.25, 0.3) is 0 Å². The zero-order chi connectivity index (χ0) is 19.6. The van der Waals surface area contributed by atoms with Gasteiger partial charge in [-0.25, -0.2) is 4.39 Å².